The predicted octanol–water partition coefficient (Wildman–Crippen LogP) is 0.641. The van der Waals surface area contributed by atoms with E-state index in [0.29, 0.717) is 24.6 Å². The number of nitrogens with one attached hydrogen (secondary N) is 1. The summed E-state index contributed by atoms with van der Waals surface area (Å²) in [4.78, 5) is 24.2. The molecule has 0 spiro atoms. The average Bonchev–Trinajstić information content (AvgIpc) is 2.47. The molecular weight excluding hydrogens is 276 g/mol. The number of carbonyl (C=O) groups excluding carboxylic acids is 2. The minimum atomic E-state index is -0.620. The Morgan fingerprint density at radius 1 is 1.24 bits per heavy atom. The highest BCUT2D eigenvalue weighted by molar-refractivity contribution is 5.82. The molecule has 0 saturated carbocycles. The third kappa shape index (κ3) is 3.77. The standard InChI is InChI=1S/C14H18N2O5/c1-19-11-5-3-4-6-12(11)21-10-8-16(9-10)13(17)7-15-14(18)20-2/h3-6,10H,7-9H2,1-2H3,(H,15,18). The van der Waals surface area contributed by atoms with Crippen molar-refractivity contribution in [3.05, 3.63) is 24.3 Å². The molecule has 0 unspecified atom stereocenters. The summed E-state index contributed by atoms with van der Waals surface area (Å²) >= 11 is 0. The smallest absolute Gasteiger partial charge is 0.407 e. The first-order valence-corrected chi connectivity index (χ1v) is 6.53. The fourth-order valence-electron chi connectivity index (χ4n) is 1.94. The number of ether oxygens (including phenoxy) is 3. The molecule has 21 heavy (non-hydrogen) atoms. The zero-order valence-corrected chi connectivity index (χ0v) is 12.0. The molecule has 114 valence electrons. The molecule has 1 aromatic rings. The second kappa shape index (κ2) is 6.83. The molecule has 2 rings (SSSR count). The van der Waals surface area contributed by atoms with Crippen LogP contribution in [0.4, 0.5) is 4.79 Å². The Morgan fingerprint density at radius 2 is 1.90 bits per heavy atom. The number of hydrogen-bond donors (Lipinski definition) is 1. The Morgan fingerprint density at radius 3 is 2.52 bits per heavy atom. The quantitative estimate of drug-likeness (QED) is 0.862. The number of methoxy groups -OCH3 is 2. The molecule has 0 aliphatic carbocycles. The number of nitrogens with zero attached hydrogens (tertiary/aromatic N) is 1. The van der Waals surface area contributed by atoms with Crippen molar-refractivity contribution in [3.63, 3.8) is 0 Å². The molecule has 0 radical (unpaired) electrons. The minimum absolute atomic E-state index is 0.0663. The Bertz CT molecular complexity index is 514. The van der Waals surface area contributed by atoms with Gasteiger partial charge in [0.25, 0.3) is 0 Å². The molecule has 0 atom stereocenters. The van der Waals surface area contributed by atoms with Crippen LogP contribution in [0.5, 0.6) is 11.5 Å². The van der Waals surface area contributed by atoms with Gasteiger partial charge in [-0.25, -0.2) is 4.79 Å². The number of likely N-dealkylation sites (tertiary alicyclic amines) is 1. The van der Waals surface area contributed by atoms with Gasteiger partial charge in [0.2, 0.25) is 5.91 Å². The van der Waals surface area contributed by atoms with Crippen molar-refractivity contribution >= 4 is 12.0 Å². The SMILES string of the molecule is COC(=O)NCC(=O)N1CC(Oc2ccccc2OC)C1. The Kier molecular flexibility index (Phi) is 4.86. The van der Waals surface area contributed by atoms with E-state index in [0.717, 1.165) is 0 Å². The maximum Gasteiger partial charge on any atom is 0.407 e. The number of hydrogen-bond acceptors (Lipinski definition) is 5. The van der Waals surface area contributed by atoms with Crippen LogP contribution < -0.4 is 14.8 Å². The number of carbonyl (C=O) groups is 2. The zero-order valence-electron chi connectivity index (χ0n) is 12.0. The Labute approximate surface area is 122 Å². The van der Waals surface area contributed by atoms with E-state index in [9.17, 15) is 9.59 Å². The van der Waals surface area contributed by atoms with Crippen LogP contribution >= 0.6 is 0 Å². The summed E-state index contributed by atoms with van der Waals surface area (Å²) < 4.78 is 15.4. The average molecular weight is 294 g/mol. The summed E-state index contributed by atoms with van der Waals surface area (Å²) in [6.45, 7) is 0.896. The number of rotatable bonds is 5. The normalized spacial score (nSPS) is 14.1. The van der Waals surface area contributed by atoms with Gasteiger partial charge in [-0.05, 0) is 12.1 Å². The number of amides is 2. The zero-order chi connectivity index (χ0) is 15.2. The number of para-hydroxylation sites is 2. The second-order valence-corrected chi connectivity index (χ2v) is 4.53. The molecule has 1 fully saturated rings. The van der Waals surface area contributed by atoms with Crippen molar-refractivity contribution < 1.29 is 23.8 Å². The molecule has 1 aliphatic rings. The van der Waals surface area contributed by atoms with Gasteiger partial charge in [0.1, 0.15) is 12.6 Å². The van der Waals surface area contributed by atoms with Crippen molar-refractivity contribution in [2.24, 2.45) is 0 Å². The maximum absolute atomic E-state index is 11.7. The first-order valence-electron chi connectivity index (χ1n) is 6.53. The van der Waals surface area contributed by atoms with E-state index in [1.807, 2.05) is 24.3 Å². The molecule has 7 nitrogen and oxygen atoms in total. The molecule has 1 saturated heterocycles. The first-order chi connectivity index (χ1) is 10.1. The molecule has 1 heterocycles. The maximum atomic E-state index is 11.7. The highest BCUT2D eigenvalue weighted by Gasteiger charge is 2.32. The van der Waals surface area contributed by atoms with Crippen LogP contribution in [0.25, 0.3) is 0 Å². The lowest BCUT2D eigenvalue weighted by Gasteiger charge is -2.39. The largest absolute Gasteiger partial charge is 0.493 e. The van der Waals surface area contributed by atoms with Crippen LogP contribution in [0.2, 0.25) is 0 Å². The van der Waals surface area contributed by atoms with Gasteiger partial charge in [-0.1, -0.05) is 12.1 Å². The molecule has 2 amide bonds. The van der Waals surface area contributed by atoms with E-state index in [1.165, 1.54) is 7.11 Å². The Hall–Kier alpha value is -2.44. The van der Waals surface area contributed by atoms with Gasteiger partial charge in [-0.15, -0.1) is 0 Å². The molecule has 1 aromatic carbocycles. The van der Waals surface area contributed by atoms with Gasteiger partial charge in [-0.3, -0.25) is 4.79 Å². The monoisotopic (exact) mass is 294 g/mol. The van der Waals surface area contributed by atoms with Crippen molar-refractivity contribution in [3.8, 4) is 11.5 Å². The third-order valence-electron chi connectivity index (χ3n) is 3.13. The summed E-state index contributed by atoms with van der Waals surface area (Å²) in [5, 5.41) is 2.35. The van der Waals surface area contributed by atoms with E-state index >= 15 is 0 Å². The van der Waals surface area contributed by atoms with Gasteiger partial charge in [0.05, 0.1) is 27.3 Å². The van der Waals surface area contributed by atoms with E-state index < -0.39 is 6.09 Å². The fraction of sp³-hybridized carbons (Fsp3) is 0.429. The van der Waals surface area contributed by atoms with Crippen molar-refractivity contribution in [2.45, 2.75) is 6.10 Å². The van der Waals surface area contributed by atoms with Crippen LogP contribution in [-0.2, 0) is 9.53 Å². The van der Waals surface area contributed by atoms with Crippen molar-refractivity contribution in [1.82, 2.24) is 10.2 Å². The van der Waals surface area contributed by atoms with Gasteiger partial charge >= 0.3 is 6.09 Å². The van der Waals surface area contributed by atoms with Crippen LogP contribution in [-0.4, -0.2) is 56.9 Å². The Balaban J connectivity index is 1.76. The lowest BCUT2D eigenvalue weighted by atomic mass is 10.1. The predicted molar refractivity (Wildman–Crippen MR) is 74.4 cm³/mol. The summed E-state index contributed by atoms with van der Waals surface area (Å²) in [5.41, 5.74) is 0. The van der Waals surface area contributed by atoms with Crippen molar-refractivity contribution in [2.75, 3.05) is 33.9 Å². The van der Waals surface area contributed by atoms with Crippen molar-refractivity contribution in [1.29, 1.82) is 0 Å². The molecular formula is C14H18N2O5. The molecule has 7 heteroatoms. The van der Waals surface area contributed by atoms with Gasteiger partial charge in [-0.2, -0.15) is 0 Å². The molecule has 1 N–H and O–H groups in total. The molecule has 0 bridgehead atoms. The van der Waals surface area contributed by atoms with E-state index in [-0.39, 0.29) is 18.6 Å². The number of benzene rings is 1. The summed E-state index contributed by atoms with van der Waals surface area (Å²) in [6.07, 6.45) is -0.686. The lowest BCUT2D eigenvalue weighted by Crippen LogP contribution is -2.58. The van der Waals surface area contributed by atoms with Crippen LogP contribution in [0.15, 0.2) is 24.3 Å². The highest BCUT2D eigenvalue weighted by atomic mass is 16.5. The molecule has 1 aliphatic heterocycles. The highest BCUT2D eigenvalue weighted by Crippen LogP contribution is 2.28. The molecule has 0 aromatic heterocycles. The second-order valence-electron chi connectivity index (χ2n) is 4.53. The van der Waals surface area contributed by atoms with E-state index in [2.05, 4.69) is 10.1 Å². The minimum Gasteiger partial charge on any atom is -0.493 e. The van der Waals surface area contributed by atoms with Gasteiger partial charge in [0, 0.05) is 0 Å². The van der Waals surface area contributed by atoms with Gasteiger partial charge in [0.15, 0.2) is 11.5 Å². The van der Waals surface area contributed by atoms with Crippen LogP contribution in [0.3, 0.4) is 0 Å². The van der Waals surface area contributed by atoms with E-state index in [1.54, 1.807) is 12.0 Å². The number of alkyl carbamates (subject to hydrolysis) is 1. The van der Waals surface area contributed by atoms with Crippen LogP contribution in [0.1, 0.15) is 0 Å². The fourth-order valence-corrected chi connectivity index (χ4v) is 1.94. The van der Waals surface area contributed by atoms with Crippen LogP contribution in [0, 0.1) is 0 Å². The third-order valence-corrected chi connectivity index (χ3v) is 3.13. The first kappa shape index (κ1) is 15.0. The topological polar surface area (TPSA) is 77.1 Å². The summed E-state index contributed by atoms with van der Waals surface area (Å²) in [6, 6.07) is 7.36. The van der Waals surface area contributed by atoms with Gasteiger partial charge < -0.3 is 24.4 Å². The summed E-state index contributed by atoms with van der Waals surface area (Å²) in [5.74, 6) is 1.15. The van der Waals surface area contributed by atoms with E-state index in [4.69, 9.17) is 9.47 Å². The summed E-state index contributed by atoms with van der Waals surface area (Å²) in [7, 11) is 2.83. The lowest BCUT2D eigenvalue weighted by molar-refractivity contribution is -0.138.